The number of amides is 1. The summed E-state index contributed by atoms with van der Waals surface area (Å²) < 4.78 is 4.75. The summed E-state index contributed by atoms with van der Waals surface area (Å²) in [4.78, 5) is 34.0. The van der Waals surface area contributed by atoms with Gasteiger partial charge in [0.05, 0.1) is 15.5 Å². The molecule has 0 aromatic heterocycles. The lowest BCUT2D eigenvalue weighted by atomic mass is 10.2. The van der Waals surface area contributed by atoms with Gasteiger partial charge in [0.25, 0.3) is 11.6 Å². The molecule has 0 bridgehead atoms. The van der Waals surface area contributed by atoms with E-state index in [1.807, 2.05) is 0 Å². The summed E-state index contributed by atoms with van der Waals surface area (Å²) in [7, 11) is 3.05. The lowest BCUT2D eigenvalue weighted by molar-refractivity contribution is -0.384. The van der Waals surface area contributed by atoms with Gasteiger partial charge in [0.15, 0.2) is 6.61 Å². The van der Waals surface area contributed by atoms with Crippen molar-refractivity contribution >= 4 is 29.2 Å². The molecule has 8 heteroatoms. The first-order chi connectivity index (χ1) is 8.82. The molecule has 0 heterocycles. The molecule has 0 aliphatic carbocycles. The van der Waals surface area contributed by atoms with Crippen molar-refractivity contribution < 1.29 is 19.2 Å². The molecule has 102 valence electrons. The third-order valence-corrected chi connectivity index (χ3v) is 2.52. The molecule has 7 nitrogen and oxygen atoms in total. The Balaban J connectivity index is 2.78. The minimum Gasteiger partial charge on any atom is -0.452 e. The zero-order valence-electron chi connectivity index (χ0n) is 10.3. The maximum Gasteiger partial charge on any atom is 0.340 e. The number of nitro groups is 1. The van der Waals surface area contributed by atoms with Gasteiger partial charge in [0.2, 0.25) is 0 Å². The highest BCUT2D eigenvalue weighted by molar-refractivity contribution is 6.33. The Morgan fingerprint density at radius 3 is 2.53 bits per heavy atom. The highest BCUT2D eigenvalue weighted by atomic mass is 35.5. The summed E-state index contributed by atoms with van der Waals surface area (Å²) >= 11 is 5.75. The van der Waals surface area contributed by atoms with Crippen LogP contribution in [0.3, 0.4) is 0 Å². The molecular weight excluding hydrogens is 276 g/mol. The topological polar surface area (TPSA) is 89.8 Å². The van der Waals surface area contributed by atoms with Crippen LogP contribution in [0.2, 0.25) is 5.02 Å². The quantitative estimate of drug-likeness (QED) is 0.475. The van der Waals surface area contributed by atoms with Gasteiger partial charge >= 0.3 is 5.97 Å². The molecule has 1 aromatic rings. The van der Waals surface area contributed by atoms with Gasteiger partial charge in [-0.2, -0.15) is 0 Å². The van der Waals surface area contributed by atoms with E-state index in [-0.39, 0.29) is 22.2 Å². The maximum absolute atomic E-state index is 11.6. The van der Waals surface area contributed by atoms with Crippen molar-refractivity contribution in [2.75, 3.05) is 20.7 Å². The zero-order valence-corrected chi connectivity index (χ0v) is 11.0. The molecule has 0 aliphatic heterocycles. The van der Waals surface area contributed by atoms with Crippen molar-refractivity contribution in [1.82, 2.24) is 4.90 Å². The highest BCUT2D eigenvalue weighted by Crippen LogP contribution is 2.23. The van der Waals surface area contributed by atoms with Crippen LogP contribution in [0.5, 0.6) is 0 Å². The summed E-state index contributed by atoms with van der Waals surface area (Å²) in [6, 6.07) is 3.37. The first-order valence-electron chi connectivity index (χ1n) is 5.14. The summed E-state index contributed by atoms with van der Waals surface area (Å²) in [5.41, 5.74) is -0.259. The normalized spacial score (nSPS) is 9.84. The van der Waals surface area contributed by atoms with Gasteiger partial charge in [-0.1, -0.05) is 11.6 Å². The second-order valence-electron chi connectivity index (χ2n) is 3.79. The Bertz CT molecular complexity index is 530. The molecule has 0 saturated heterocycles. The summed E-state index contributed by atoms with van der Waals surface area (Å²) in [6.07, 6.45) is 0. The molecule has 1 rings (SSSR count). The van der Waals surface area contributed by atoms with Crippen molar-refractivity contribution in [3.8, 4) is 0 Å². The Morgan fingerprint density at radius 1 is 1.42 bits per heavy atom. The number of hydrogen-bond donors (Lipinski definition) is 0. The SMILES string of the molecule is CN(C)C(=O)COC(=O)c1ccc([N+](=O)[O-])cc1Cl. The minimum atomic E-state index is -0.810. The molecule has 0 unspecified atom stereocenters. The molecule has 0 fully saturated rings. The molecule has 1 amide bonds. The van der Waals surface area contributed by atoms with Crippen LogP contribution in [0.15, 0.2) is 18.2 Å². The monoisotopic (exact) mass is 286 g/mol. The van der Waals surface area contributed by atoms with Crippen molar-refractivity contribution in [3.63, 3.8) is 0 Å². The van der Waals surface area contributed by atoms with E-state index in [4.69, 9.17) is 16.3 Å². The predicted octanol–water partition coefficient (Wildman–Crippen LogP) is 1.49. The molecule has 19 heavy (non-hydrogen) atoms. The molecule has 0 aliphatic rings. The van der Waals surface area contributed by atoms with Gasteiger partial charge in [-0.05, 0) is 6.07 Å². The molecular formula is C11H11ClN2O5. The number of carbonyl (C=O) groups excluding carboxylic acids is 2. The van der Waals surface area contributed by atoms with E-state index < -0.39 is 17.5 Å². The number of likely N-dealkylation sites (N-methyl/N-ethyl adjacent to an activating group) is 1. The summed E-state index contributed by atoms with van der Waals surface area (Å²) in [5.74, 6) is -1.19. The molecule has 0 N–H and O–H groups in total. The highest BCUT2D eigenvalue weighted by Gasteiger charge is 2.17. The zero-order chi connectivity index (χ0) is 14.6. The first-order valence-corrected chi connectivity index (χ1v) is 5.52. The van der Waals surface area contributed by atoms with Crippen LogP contribution >= 0.6 is 11.6 Å². The second kappa shape index (κ2) is 6.14. The Labute approximate surface area is 113 Å². The van der Waals surface area contributed by atoms with Gasteiger partial charge in [-0.25, -0.2) is 4.79 Å². The Morgan fingerprint density at radius 2 is 2.05 bits per heavy atom. The van der Waals surface area contributed by atoms with Gasteiger partial charge in [0, 0.05) is 26.2 Å². The molecule has 0 atom stereocenters. The molecule has 0 spiro atoms. The molecule has 0 radical (unpaired) electrons. The minimum absolute atomic E-state index is 0.0289. The van der Waals surface area contributed by atoms with E-state index in [1.54, 1.807) is 0 Å². The second-order valence-corrected chi connectivity index (χ2v) is 4.19. The van der Waals surface area contributed by atoms with Crippen molar-refractivity contribution in [1.29, 1.82) is 0 Å². The number of non-ortho nitro benzene ring substituents is 1. The van der Waals surface area contributed by atoms with Crippen LogP contribution in [-0.4, -0.2) is 42.4 Å². The third kappa shape index (κ3) is 3.92. The van der Waals surface area contributed by atoms with E-state index in [0.717, 1.165) is 12.1 Å². The smallest absolute Gasteiger partial charge is 0.340 e. The van der Waals surface area contributed by atoms with Crippen LogP contribution in [0.4, 0.5) is 5.69 Å². The lowest BCUT2D eigenvalue weighted by Crippen LogP contribution is -2.27. The van der Waals surface area contributed by atoms with Crippen molar-refractivity contribution in [3.05, 3.63) is 38.9 Å². The van der Waals surface area contributed by atoms with E-state index in [2.05, 4.69) is 0 Å². The van der Waals surface area contributed by atoms with E-state index in [1.165, 1.54) is 25.1 Å². The molecule has 1 aromatic carbocycles. The van der Waals surface area contributed by atoms with Crippen LogP contribution < -0.4 is 0 Å². The molecule has 0 saturated carbocycles. The van der Waals surface area contributed by atoms with Crippen LogP contribution in [-0.2, 0) is 9.53 Å². The first kappa shape index (κ1) is 14.9. The van der Waals surface area contributed by atoms with Gasteiger partial charge in [0.1, 0.15) is 0 Å². The van der Waals surface area contributed by atoms with Gasteiger partial charge in [-0.3, -0.25) is 14.9 Å². The van der Waals surface area contributed by atoms with Gasteiger partial charge < -0.3 is 9.64 Å². The van der Waals surface area contributed by atoms with Crippen molar-refractivity contribution in [2.45, 2.75) is 0 Å². The fourth-order valence-electron chi connectivity index (χ4n) is 1.12. The Hall–Kier alpha value is -2.15. The number of rotatable bonds is 4. The number of nitro benzene ring substituents is 1. The number of halogens is 1. The number of nitrogens with zero attached hydrogens (tertiary/aromatic N) is 2. The van der Waals surface area contributed by atoms with Crippen LogP contribution in [0, 0.1) is 10.1 Å². The Kier molecular flexibility index (Phi) is 4.82. The predicted molar refractivity (Wildman–Crippen MR) is 67.1 cm³/mol. The summed E-state index contributed by atoms with van der Waals surface area (Å²) in [5, 5.41) is 10.4. The average molecular weight is 287 g/mol. The van der Waals surface area contributed by atoms with Crippen LogP contribution in [0.25, 0.3) is 0 Å². The van der Waals surface area contributed by atoms with E-state index >= 15 is 0 Å². The summed E-state index contributed by atoms with van der Waals surface area (Å²) in [6.45, 7) is -0.418. The average Bonchev–Trinajstić information content (AvgIpc) is 2.34. The van der Waals surface area contributed by atoms with E-state index in [0.29, 0.717) is 0 Å². The number of carbonyl (C=O) groups is 2. The fraction of sp³-hybridized carbons (Fsp3) is 0.273. The maximum atomic E-state index is 11.6. The van der Waals surface area contributed by atoms with Gasteiger partial charge in [-0.15, -0.1) is 0 Å². The van der Waals surface area contributed by atoms with Crippen molar-refractivity contribution in [2.24, 2.45) is 0 Å². The number of ether oxygens (including phenoxy) is 1. The number of esters is 1. The van der Waals surface area contributed by atoms with Crippen LogP contribution in [0.1, 0.15) is 10.4 Å². The number of hydrogen-bond acceptors (Lipinski definition) is 5. The number of benzene rings is 1. The standard InChI is InChI=1S/C11H11ClN2O5/c1-13(2)10(15)6-19-11(16)8-4-3-7(14(17)18)5-9(8)12/h3-5H,6H2,1-2H3. The van der Waals surface area contributed by atoms with E-state index in [9.17, 15) is 19.7 Å². The fourth-order valence-corrected chi connectivity index (χ4v) is 1.37. The largest absolute Gasteiger partial charge is 0.452 e. The third-order valence-electron chi connectivity index (χ3n) is 2.21. The lowest BCUT2D eigenvalue weighted by Gasteiger charge is -2.10.